The number of carboxylic acid groups (broad SMARTS) is 1. The number of nitrogens with zero attached hydrogens (tertiary/aromatic N) is 2. The third kappa shape index (κ3) is 3.69. The number of piperidine rings is 1. The molecule has 1 fully saturated rings. The summed E-state index contributed by atoms with van der Waals surface area (Å²) < 4.78 is 2.25. The fraction of sp³-hybridized carbons (Fsp3) is 0.417. The van der Waals surface area contributed by atoms with Crippen LogP contribution in [-0.4, -0.2) is 43.7 Å². The van der Waals surface area contributed by atoms with Crippen LogP contribution in [0, 0.1) is 0 Å². The Labute approximate surface area is 192 Å². The zero-order valence-corrected chi connectivity index (χ0v) is 18.9. The zero-order valence-electron chi connectivity index (χ0n) is 18.1. The summed E-state index contributed by atoms with van der Waals surface area (Å²) in [5.41, 5.74) is 4.11. The van der Waals surface area contributed by atoms with Gasteiger partial charge in [0.2, 0.25) is 0 Å². The number of aromatic hydroxyl groups is 1. The van der Waals surface area contributed by atoms with Gasteiger partial charge < -0.3 is 19.8 Å². The lowest BCUT2D eigenvalue weighted by molar-refractivity contribution is 0.0691. The number of aromatic carboxylic acids is 1. The number of hydrogen-bond donors (Lipinski definition) is 3. The van der Waals surface area contributed by atoms with Gasteiger partial charge in [0.1, 0.15) is 5.75 Å². The molecule has 3 heterocycles. The number of aryl methyl sites for hydroxylation is 2. The number of pyridine rings is 1. The van der Waals surface area contributed by atoms with Crippen LogP contribution in [0.5, 0.6) is 5.75 Å². The lowest BCUT2D eigenvalue weighted by Crippen LogP contribution is -2.29. The first-order chi connectivity index (χ1) is 14.9. The lowest BCUT2D eigenvalue weighted by Gasteiger charge is -2.26. The van der Waals surface area contributed by atoms with Crippen LogP contribution in [0.15, 0.2) is 23.0 Å². The smallest absolute Gasteiger partial charge is 0.345 e. The number of aromatic amines is 1. The maximum atomic E-state index is 12.4. The second-order valence-electron chi connectivity index (χ2n) is 8.79. The molecule has 3 N–H and O–H groups in total. The molecule has 0 radical (unpaired) electrons. The molecule has 1 saturated heterocycles. The Morgan fingerprint density at radius 3 is 2.56 bits per heavy atom. The largest absolute Gasteiger partial charge is 0.506 e. The van der Waals surface area contributed by atoms with Crippen molar-refractivity contribution in [3.63, 3.8) is 0 Å². The van der Waals surface area contributed by atoms with E-state index in [1.807, 2.05) is 0 Å². The van der Waals surface area contributed by atoms with Gasteiger partial charge in [-0.05, 0) is 69.0 Å². The van der Waals surface area contributed by atoms with Crippen molar-refractivity contribution in [3.8, 4) is 17.0 Å². The Morgan fingerprint density at radius 2 is 1.84 bits per heavy atom. The van der Waals surface area contributed by atoms with E-state index >= 15 is 0 Å². The van der Waals surface area contributed by atoms with Crippen LogP contribution in [0.3, 0.4) is 0 Å². The molecule has 2 aromatic heterocycles. The summed E-state index contributed by atoms with van der Waals surface area (Å²) in [6.07, 6.45) is 5.91. The number of likely N-dealkylation sites (tertiary alicyclic amines) is 1. The fourth-order valence-corrected chi connectivity index (χ4v) is 5.18. The molecule has 0 atom stereocenters. The maximum absolute atomic E-state index is 12.4. The number of carboxylic acids is 1. The van der Waals surface area contributed by atoms with Crippen molar-refractivity contribution >= 4 is 29.3 Å². The minimum Gasteiger partial charge on any atom is -0.506 e. The molecule has 32 heavy (non-hydrogen) atoms. The van der Waals surface area contributed by atoms with Gasteiger partial charge in [0, 0.05) is 41.3 Å². The molecule has 8 heteroatoms. The van der Waals surface area contributed by atoms with Gasteiger partial charge >= 0.3 is 5.97 Å². The van der Waals surface area contributed by atoms with Crippen LogP contribution in [-0.2, 0) is 26.4 Å². The number of nitrogens with one attached hydrogen (secondary N) is 1. The summed E-state index contributed by atoms with van der Waals surface area (Å²) in [5.74, 6) is -1.81. The predicted molar refractivity (Wildman–Crippen MR) is 126 cm³/mol. The van der Waals surface area contributed by atoms with Gasteiger partial charge in [-0.2, -0.15) is 0 Å². The van der Waals surface area contributed by atoms with E-state index < -0.39 is 22.8 Å². The zero-order chi connectivity index (χ0) is 21.7. The van der Waals surface area contributed by atoms with Crippen molar-refractivity contribution in [2.75, 3.05) is 13.1 Å². The number of benzene rings is 1. The van der Waals surface area contributed by atoms with Crippen LogP contribution in [0.1, 0.15) is 52.9 Å². The molecular weight excluding hydrogens is 430 g/mol. The van der Waals surface area contributed by atoms with E-state index in [4.69, 9.17) is 0 Å². The Bertz CT molecular complexity index is 1250. The topological polar surface area (TPSA) is 98.6 Å². The van der Waals surface area contributed by atoms with Gasteiger partial charge in [0.05, 0.1) is 5.69 Å². The Kier molecular flexibility index (Phi) is 6.05. The molecule has 0 amide bonds. The van der Waals surface area contributed by atoms with Crippen molar-refractivity contribution in [1.82, 2.24) is 14.5 Å². The van der Waals surface area contributed by atoms with Crippen molar-refractivity contribution < 1.29 is 15.0 Å². The minimum atomic E-state index is -1.41. The van der Waals surface area contributed by atoms with Gasteiger partial charge in [-0.1, -0.05) is 6.42 Å². The number of fused-ring (bicyclic) bond motifs is 4. The van der Waals surface area contributed by atoms with Crippen molar-refractivity contribution in [2.45, 2.75) is 45.1 Å². The average molecular weight is 458 g/mol. The van der Waals surface area contributed by atoms with Crippen molar-refractivity contribution in [1.29, 1.82) is 0 Å². The third-order valence-corrected chi connectivity index (χ3v) is 6.85. The van der Waals surface area contributed by atoms with Gasteiger partial charge in [-0.15, -0.1) is 12.4 Å². The Hall–Kier alpha value is -2.77. The highest BCUT2D eigenvalue weighted by atomic mass is 35.5. The second kappa shape index (κ2) is 8.64. The van der Waals surface area contributed by atoms with E-state index in [2.05, 4.69) is 39.7 Å². The molecule has 1 aliphatic heterocycles. The summed E-state index contributed by atoms with van der Waals surface area (Å²) in [6, 6.07) is 6.46. The molecule has 1 aromatic carbocycles. The number of rotatable bonds is 3. The quantitative estimate of drug-likeness (QED) is 0.555. The molecule has 2 aliphatic rings. The van der Waals surface area contributed by atoms with Gasteiger partial charge in [0.15, 0.2) is 5.56 Å². The van der Waals surface area contributed by atoms with Crippen LogP contribution in [0.4, 0.5) is 0 Å². The monoisotopic (exact) mass is 457 g/mol. The number of aromatic nitrogens is 2. The highest BCUT2D eigenvalue weighted by Crippen LogP contribution is 2.38. The van der Waals surface area contributed by atoms with E-state index in [-0.39, 0.29) is 12.4 Å². The van der Waals surface area contributed by atoms with Gasteiger partial charge in [-0.25, -0.2) is 4.79 Å². The van der Waals surface area contributed by atoms with Crippen LogP contribution in [0.2, 0.25) is 0 Å². The van der Waals surface area contributed by atoms with E-state index in [9.17, 15) is 19.8 Å². The highest BCUT2D eigenvalue weighted by molar-refractivity contribution is 5.93. The van der Waals surface area contributed by atoms with Gasteiger partial charge in [0.25, 0.3) is 5.56 Å². The average Bonchev–Trinajstić information content (AvgIpc) is 2.92. The second-order valence-corrected chi connectivity index (χ2v) is 8.79. The summed E-state index contributed by atoms with van der Waals surface area (Å²) in [5, 5.41) is 21.0. The normalized spacial score (nSPS) is 16.2. The molecule has 0 unspecified atom stereocenters. The first-order valence-corrected chi connectivity index (χ1v) is 11.0. The van der Waals surface area contributed by atoms with E-state index in [1.54, 1.807) is 0 Å². The molecule has 7 nitrogen and oxygen atoms in total. The lowest BCUT2D eigenvalue weighted by atomic mass is 9.98. The summed E-state index contributed by atoms with van der Waals surface area (Å²) >= 11 is 0. The van der Waals surface area contributed by atoms with Gasteiger partial charge in [-0.3, -0.25) is 9.69 Å². The third-order valence-electron chi connectivity index (χ3n) is 6.85. The number of H-pyrrole nitrogens is 1. The molecule has 1 aliphatic carbocycles. The minimum absolute atomic E-state index is 0. The van der Waals surface area contributed by atoms with E-state index in [1.165, 1.54) is 25.0 Å². The number of halogens is 1. The molecule has 0 saturated carbocycles. The van der Waals surface area contributed by atoms with Crippen LogP contribution >= 0.6 is 12.4 Å². The fourth-order valence-electron chi connectivity index (χ4n) is 5.18. The van der Waals surface area contributed by atoms with Crippen LogP contribution < -0.4 is 5.56 Å². The van der Waals surface area contributed by atoms with Crippen molar-refractivity contribution in [2.24, 2.45) is 7.05 Å². The number of carbonyl (C=O) groups is 1. The summed E-state index contributed by atoms with van der Waals surface area (Å²) in [6.45, 7) is 3.20. The maximum Gasteiger partial charge on any atom is 0.345 e. The first kappa shape index (κ1) is 22.4. The molecule has 3 aromatic rings. The van der Waals surface area contributed by atoms with E-state index in [0.29, 0.717) is 17.7 Å². The Balaban J connectivity index is 0.00000245. The molecule has 0 spiro atoms. The predicted octanol–water partition coefficient (Wildman–Crippen LogP) is 3.83. The van der Waals surface area contributed by atoms with E-state index in [0.717, 1.165) is 54.5 Å². The first-order valence-electron chi connectivity index (χ1n) is 11.0. The van der Waals surface area contributed by atoms with Crippen LogP contribution in [0.25, 0.3) is 22.2 Å². The molecule has 170 valence electrons. The SMILES string of the molecule is Cl.Cn1c(CN2CCCCC2)cc2cc3c(cc21)CCCc1c-3[nH]c(=O)c(C(=O)O)c1O. The Morgan fingerprint density at radius 1 is 1.09 bits per heavy atom. The highest BCUT2D eigenvalue weighted by Gasteiger charge is 2.26. The van der Waals surface area contributed by atoms with Crippen molar-refractivity contribution in [3.05, 3.63) is 50.9 Å². The molecular formula is C24H28ClN3O4. The summed E-state index contributed by atoms with van der Waals surface area (Å²) in [7, 11) is 2.10. The molecule has 0 bridgehead atoms. The summed E-state index contributed by atoms with van der Waals surface area (Å²) in [4.78, 5) is 29.1. The standard InChI is InChI=1S/C24H27N3O4.ClH/c1-26-16(13-27-8-3-2-4-9-27)10-15-11-18-14(12-19(15)26)6-5-7-17-21(18)25-23(29)20(22(17)28)24(30)31;/h10-12H,2-9,13H2,1H3,(H,30,31)(H2,25,28,29);1H. The molecule has 5 rings (SSSR count). The number of hydrogen-bond acceptors (Lipinski definition) is 4.